The lowest BCUT2D eigenvalue weighted by atomic mass is 10.0. The monoisotopic (exact) mass is 268 g/mol. The Morgan fingerprint density at radius 1 is 1.28 bits per heavy atom. The van der Waals surface area contributed by atoms with Crippen LogP contribution in [0.3, 0.4) is 0 Å². The minimum Gasteiger partial charge on any atom is -0.313 e. The van der Waals surface area contributed by atoms with E-state index in [0.29, 0.717) is 13.0 Å². The highest BCUT2D eigenvalue weighted by Crippen LogP contribution is 2.41. The normalized spacial score (nSPS) is 15.8. The van der Waals surface area contributed by atoms with Crippen molar-refractivity contribution in [2.24, 2.45) is 5.14 Å². The van der Waals surface area contributed by atoms with Gasteiger partial charge in [-0.05, 0) is 42.9 Å². The van der Waals surface area contributed by atoms with Gasteiger partial charge in [-0.25, -0.2) is 13.6 Å². The molecule has 3 N–H and O–H groups in total. The molecule has 0 atom stereocenters. The molecule has 4 nitrogen and oxygen atoms in total. The van der Waals surface area contributed by atoms with E-state index in [0.717, 1.165) is 12.5 Å². The van der Waals surface area contributed by atoms with Crippen molar-refractivity contribution in [3.8, 4) is 0 Å². The molecule has 1 aliphatic carbocycles. The molecular weight excluding hydrogens is 248 g/mol. The SMILES string of the molecule is NS(=O)(=O)CCCNCc1ccccc1C1CC1. The molecule has 1 aliphatic rings. The fraction of sp³-hybridized carbons (Fsp3) is 0.538. The Hall–Kier alpha value is -0.910. The molecule has 2 rings (SSSR count). The highest BCUT2D eigenvalue weighted by Gasteiger charge is 2.25. The topological polar surface area (TPSA) is 72.2 Å². The molecule has 0 radical (unpaired) electrons. The molecule has 0 amide bonds. The molecule has 1 aromatic carbocycles. The average molecular weight is 268 g/mol. The predicted octanol–water partition coefficient (Wildman–Crippen LogP) is 1.33. The van der Waals surface area contributed by atoms with Crippen molar-refractivity contribution in [3.05, 3.63) is 35.4 Å². The summed E-state index contributed by atoms with van der Waals surface area (Å²) in [5, 5.41) is 8.22. The molecule has 5 heteroatoms. The minimum absolute atomic E-state index is 0.0459. The van der Waals surface area contributed by atoms with E-state index in [1.54, 1.807) is 0 Å². The second-order valence-electron chi connectivity index (χ2n) is 4.87. The van der Waals surface area contributed by atoms with Crippen LogP contribution in [0.15, 0.2) is 24.3 Å². The fourth-order valence-corrected chi connectivity index (χ4v) is 2.66. The van der Waals surface area contributed by atoms with Crippen molar-refractivity contribution in [2.75, 3.05) is 12.3 Å². The van der Waals surface area contributed by atoms with E-state index in [1.807, 2.05) is 6.07 Å². The van der Waals surface area contributed by atoms with Crippen LogP contribution in [0.4, 0.5) is 0 Å². The van der Waals surface area contributed by atoms with Crippen LogP contribution in [0.5, 0.6) is 0 Å². The first-order valence-corrected chi connectivity index (χ1v) is 8.07. The maximum atomic E-state index is 10.8. The summed E-state index contributed by atoms with van der Waals surface area (Å²) in [7, 11) is -3.32. The zero-order valence-electron chi connectivity index (χ0n) is 10.4. The van der Waals surface area contributed by atoms with Crippen LogP contribution in [0.2, 0.25) is 0 Å². The number of hydrogen-bond donors (Lipinski definition) is 2. The van der Waals surface area contributed by atoms with Gasteiger partial charge < -0.3 is 5.32 Å². The van der Waals surface area contributed by atoms with Crippen LogP contribution >= 0.6 is 0 Å². The van der Waals surface area contributed by atoms with Gasteiger partial charge in [0.05, 0.1) is 5.75 Å². The first kappa shape index (κ1) is 13.5. The maximum Gasteiger partial charge on any atom is 0.209 e. The second kappa shape index (κ2) is 5.82. The van der Waals surface area contributed by atoms with Crippen LogP contribution in [-0.4, -0.2) is 20.7 Å². The highest BCUT2D eigenvalue weighted by molar-refractivity contribution is 7.89. The van der Waals surface area contributed by atoms with Crippen molar-refractivity contribution in [2.45, 2.75) is 31.7 Å². The van der Waals surface area contributed by atoms with Gasteiger partial charge in [0.1, 0.15) is 0 Å². The third kappa shape index (κ3) is 4.40. The second-order valence-corrected chi connectivity index (χ2v) is 6.60. The third-order valence-electron chi connectivity index (χ3n) is 3.17. The van der Waals surface area contributed by atoms with Gasteiger partial charge in [-0.3, -0.25) is 0 Å². The Kier molecular flexibility index (Phi) is 4.37. The first-order chi connectivity index (χ1) is 8.56. The number of primary sulfonamides is 1. The van der Waals surface area contributed by atoms with E-state index < -0.39 is 10.0 Å². The lowest BCUT2D eigenvalue weighted by molar-refractivity contribution is 0.590. The van der Waals surface area contributed by atoms with Crippen LogP contribution < -0.4 is 10.5 Å². The predicted molar refractivity (Wildman–Crippen MR) is 72.7 cm³/mol. The number of sulfonamides is 1. The summed E-state index contributed by atoms with van der Waals surface area (Å²) in [4.78, 5) is 0. The van der Waals surface area contributed by atoms with E-state index >= 15 is 0 Å². The molecule has 0 aromatic heterocycles. The summed E-state index contributed by atoms with van der Waals surface area (Å²) in [6.07, 6.45) is 3.15. The Labute approximate surface area is 109 Å². The number of nitrogens with two attached hydrogens (primary N) is 1. The minimum atomic E-state index is -3.32. The van der Waals surface area contributed by atoms with Crippen LogP contribution in [-0.2, 0) is 16.6 Å². The zero-order valence-corrected chi connectivity index (χ0v) is 11.2. The molecule has 1 fully saturated rings. The summed E-state index contributed by atoms with van der Waals surface area (Å²) in [5.74, 6) is 0.789. The van der Waals surface area contributed by atoms with E-state index in [2.05, 4.69) is 23.5 Å². The molecule has 0 spiro atoms. The first-order valence-electron chi connectivity index (χ1n) is 6.35. The van der Waals surface area contributed by atoms with E-state index in [1.165, 1.54) is 24.0 Å². The molecule has 100 valence electrons. The van der Waals surface area contributed by atoms with E-state index in [9.17, 15) is 8.42 Å². The lowest BCUT2D eigenvalue weighted by Crippen LogP contribution is -2.22. The number of benzene rings is 1. The summed E-state index contributed by atoms with van der Waals surface area (Å²) in [6, 6.07) is 8.46. The molecule has 0 saturated heterocycles. The van der Waals surface area contributed by atoms with Crippen LogP contribution in [0, 0.1) is 0 Å². The van der Waals surface area contributed by atoms with Gasteiger partial charge >= 0.3 is 0 Å². The Bertz CT molecular complexity index is 495. The van der Waals surface area contributed by atoms with Crippen molar-refractivity contribution in [1.82, 2.24) is 5.32 Å². The average Bonchev–Trinajstić information content (AvgIpc) is 3.11. The van der Waals surface area contributed by atoms with E-state index in [-0.39, 0.29) is 5.75 Å². The van der Waals surface area contributed by atoms with Gasteiger partial charge in [-0.2, -0.15) is 0 Å². The lowest BCUT2D eigenvalue weighted by Gasteiger charge is -2.09. The molecular formula is C13H20N2O2S. The summed E-state index contributed by atoms with van der Waals surface area (Å²) < 4.78 is 21.5. The van der Waals surface area contributed by atoms with Gasteiger partial charge in [0.2, 0.25) is 10.0 Å². The van der Waals surface area contributed by atoms with Crippen LogP contribution in [0.1, 0.15) is 36.3 Å². The quantitative estimate of drug-likeness (QED) is 0.733. The Morgan fingerprint density at radius 2 is 2.00 bits per heavy atom. The molecule has 0 unspecified atom stereocenters. The number of nitrogens with one attached hydrogen (secondary N) is 1. The summed E-state index contributed by atoms with van der Waals surface area (Å²) >= 11 is 0. The molecule has 0 bridgehead atoms. The zero-order chi connectivity index (χ0) is 13.0. The van der Waals surface area contributed by atoms with Gasteiger partial charge in [-0.15, -0.1) is 0 Å². The summed E-state index contributed by atoms with van der Waals surface area (Å²) in [5.41, 5.74) is 2.77. The standard InChI is InChI=1S/C13H20N2O2S/c14-18(16,17)9-3-8-15-10-12-4-1-2-5-13(12)11-6-7-11/h1-2,4-5,11,15H,3,6-10H2,(H2,14,16,17). The summed E-state index contributed by atoms with van der Waals surface area (Å²) in [6.45, 7) is 1.48. The molecule has 1 saturated carbocycles. The van der Waals surface area contributed by atoms with Crippen molar-refractivity contribution >= 4 is 10.0 Å². The van der Waals surface area contributed by atoms with E-state index in [4.69, 9.17) is 5.14 Å². The number of rotatable bonds is 7. The Balaban J connectivity index is 1.76. The fourth-order valence-electron chi connectivity index (χ4n) is 2.11. The van der Waals surface area contributed by atoms with Gasteiger partial charge in [0.25, 0.3) is 0 Å². The van der Waals surface area contributed by atoms with Gasteiger partial charge in [-0.1, -0.05) is 24.3 Å². The maximum absolute atomic E-state index is 10.8. The smallest absolute Gasteiger partial charge is 0.209 e. The highest BCUT2D eigenvalue weighted by atomic mass is 32.2. The van der Waals surface area contributed by atoms with Gasteiger partial charge in [0, 0.05) is 6.54 Å². The number of hydrogen-bond acceptors (Lipinski definition) is 3. The molecule has 18 heavy (non-hydrogen) atoms. The third-order valence-corrected chi connectivity index (χ3v) is 4.03. The Morgan fingerprint density at radius 3 is 2.67 bits per heavy atom. The molecule has 1 aromatic rings. The van der Waals surface area contributed by atoms with Crippen molar-refractivity contribution in [1.29, 1.82) is 0 Å². The van der Waals surface area contributed by atoms with Gasteiger partial charge in [0.15, 0.2) is 0 Å². The van der Waals surface area contributed by atoms with Crippen molar-refractivity contribution in [3.63, 3.8) is 0 Å². The molecule has 0 aliphatic heterocycles. The van der Waals surface area contributed by atoms with Crippen molar-refractivity contribution < 1.29 is 8.42 Å². The molecule has 0 heterocycles. The largest absolute Gasteiger partial charge is 0.313 e. The van der Waals surface area contributed by atoms with Crippen LogP contribution in [0.25, 0.3) is 0 Å².